The molecule has 1 atom stereocenters. The molecule has 0 aromatic heterocycles. The van der Waals surface area contributed by atoms with Crippen LogP contribution in [0.1, 0.15) is 30.5 Å². The summed E-state index contributed by atoms with van der Waals surface area (Å²) < 4.78 is 27.6. The van der Waals surface area contributed by atoms with Gasteiger partial charge in [0.1, 0.15) is 12.6 Å². The highest BCUT2D eigenvalue weighted by molar-refractivity contribution is 9.10. The summed E-state index contributed by atoms with van der Waals surface area (Å²) in [6.07, 6.45) is 1.30. The fourth-order valence-electron chi connectivity index (χ4n) is 4.14. The van der Waals surface area contributed by atoms with Gasteiger partial charge in [0.25, 0.3) is 0 Å². The summed E-state index contributed by atoms with van der Waals surface area (Å²) in [6.45, 7) is 5.08. The van der Waals surface area contributed by atoms with Gasteiger partial charge in [0.2, 0.25) is 21.8 Å². The molecule has 0 saturated heterocycles. The second-order valence-corrected chi connectivity index (χ2v) is 12.9. The predicted octanol–water partition coefficient (Wildman–Crippen LogP) is 5.34. The van der Waals surface area contributed by atoms with Gasteiger partial charge in [0, 0.05) is 28.5 Å². The van der Waals surface area contributed by atoms with Crippen molar-refractivity contribution in [2.24, 2.45) is 0 Å². The Morgan fingerprint density at radius 1 is 1.00 bits per heavy atom. The van der Waals surface area contributed by atoms with Crippen LogP contribution in [-0.2, 0) is 32.6 Å². The zero-order valence-electron chi connectivity index (χ0n) is 22.4. The molecule has 0 bridgehead atoms. The third-order valence-corrected chi connectivity index (χ3v) is 8.51. The first-order valence-corrected chi connectivity index (χ1v) is 15.5. The first kappa shape index (κ1) is 30.7. The Hall–Kier alpha value is -2.88. The number of rotatable bonds is 11. The topological polar surface area (TPSA) is 86.8 Å². The number of aryl methyl sites for hydroxylation is 1. The number of nitrogens with one attached hydrogen (secondary N) is 1. The van der Waals surface area contributed by atoms with Crippen molar-refractivity contribution < 1.29 is 18.0 Å². The number of hydrogen-bond donors (Lipinski definition) is 1. The van der Waals surface area contributed by atoms with Gasteiger partial charge in [0.05, 0.1) is 11.9 Å². The number of amides is 2. The Bertz CT molecular complexity index is 1420. The van der Waals surface area contributed by atoms with E-state index in [1.807, 2.05) is 51.1 Å². The smallest absolute Gasteiger partial charge is 0.244 e. The average Bonchev–Trinajstić information content (AvgIpc) is 2.87. The lowest BCUT2D eigenvalue weighted by Crippen LogP contribution is -2.54. The molecule has 0 aliphatic heterocycles. The minimum Gasteiger partial charge on any atom is -0.352 e. The highest BCUT2D eigenvalue weighted by Gasteiger charge is 2.33. The fourth-order valence-corrected chi connectivity index (χ4v) is 5.43. The number of benzene rings is 3. The normalized spacial score (nSPS) is 12.2. The Balaban J connectivity index is 2.08. The fraction of sp³-hybridized carbons (Fsp3) is 0.310. The van der Waals surface area contributed by atoms with E-state index in [9.17, 15) is 18.0 Å². The van der Waals surface area contributed by atoms with E-state index in [0.29, 0.717) is 16.3 Å². The van der Waals surface area contributed by atoms with Gasteiger partial charge in [-0.1, -0.05) is 76.1 Å². The van der Waals surface area contributed by atoms with Crippen LogP contribution in [-0.4, -0.2) is 50.0 Å². The zero-order valence-corrected chi connectivity index (χ0v) is 25.6. The van der Waals surface area contributed by atoms with E-state index in [1.165, 1.54) is 4.90 Å². The molecule has 0 fully saturated rings. The third-order valence-electron chi connectivity index (χ3n) is 6.11. The molecule has 39 heavy (non-hydrogen) atoms. The lowest BCUT2D eigenvalue weighted by molar-refractivity contribution is -0.140. The summed E-state index contributed by atoms with van der Waals surface area (Å²) in [7, 11) is -3.84. The van der Waals surface area contributed by atoms with Crippen molar-refractivity contribution >= 4 is 55.1 Å². The second kappa shape index (κ2) is 13.5. The van der Waals surface area contributed by atoms with Crippen LogP contribution < -0.4 is 9.62 Å². The summed E-state index contributed by atoms with van der Waals surface area (Å²) in [5.74, 6) is -0.861. The average molecular weight is 635 g/mol. The molecular weight excluding hydrogens is 602 g/mol. The molecule has 3 rings (SSSR count). The Kier molecular flexibility index (Phi) is 10.6. The molecule has 7 nitrogen and oxygen atoms in total. The van der Waals surface area contributed by atoms with Crippen LogP contribution in [0.3, 0.4) is 0 Å². The van der Waals surface area contributed by atoms with Gasteiger partial charge < -0.3 is 10.2 Å². The molecule has 0 heterocycles. The van der Waals surface area contributed by atoms with Crippen molar-refractivity contribution in [1.29, 1.82) is 0 Å². The Labute approximate surface area is 244 Å². The first-order chi connectivity index (χ1) is 18.4. The Morgan fingerprint density at radius 3 is 2.23 bits per heavy atom. The number of carbonyl (C=O) groups is 2. The molecule has 208 valence electrons. The van der Waals surface area contributed by atoms with E-state index < -0.39 is 28.5 Å². The van der Waals surface area contributed by atoms with Crippen molar-refractivity contribution in [2.75, 3.05) is 17.1 Å². The van der Waals surface area contributed by atoms with Gasteiger partial charge in [-0.25, -0.2) is 8.42 Å². The number of anilines is 1. The third kappa shape index (κ3) is 8.55. The maximum absolute atomic E-state index is 14.1. The molecule has 0 aliphatic rings. The molecule has 0 aliphatic carbocycles. The van der Waals surface area contributed by atoms with E-state index in [4.69, 9.17) is 11.6 Å². The minimum atomic E-state index is -3.84. The molecular formula is C29H33BrClN3O4S. The van der Waals surface area contributed by atoms with Crippen molar-refractivity contribution in [1.82, 2.24) is 10.2 Å². The van der Waals surface area contributed by atoms with Gasteiger partial charge in [-0.3, -0.25) is 13.9 Å². The van der Waals surface area contributed by atoms with Crippen LogP contribution >= 0.6 is 27.5 Å². The molecule has 0 spiro atoms. The molecule has 1 N–H and O–H groups in total. The lowest BCUT2D eigenvalue weighted by Gasteiger charge is -2.34. The molecule has 0 unspecified atom stereocenters. The van der Waals surface area contributed by atoms with Gasteiger partial charge in [-0.05, 0) is 61.7 Å². The van der Waals surface area contributed by atoms with Gasteiger partial charge in [-0.2, -0.15) is 0 Å². The standard InChI is InChI=1S/C29H33BrClN3O4S/c1-20(2)32-29(36)27(17-22-10-6-5-7-11-22)33(18-23-12-8-9-13-26(23)31)28(35)19-34(39(4,37)38)24-14-15-25(30)21(3)16-24/h5-16,20,27H,17-19H2,1-4H3,(H,32,36)/t27-/m0/s1. The summed E-state index contributed by atoms with van der Waals surface area (Å²) in [5, 5.41) is 3.37. The zero-order chi connectivity index (χ0) is 28.7. The van der Waals surface area contributed by atoms with Gasteiger partial charge in [-0.15, -0.1) is 0 Å². The second-order valence-electron chi connectivity index (χ2n) is 9.68. The SMILES string of the molecule is Cc1cc(N(CC(=O)N(Cc2ccccc2Cl)[C@@H](Cc2ccccc2)C(=O)NC(C)C)S(C)(=O)=O)ccc1Br. The summed E-state index contributed by atoms with van der Waals surface area (Å²) in [6, 6.07) is 20.5. The highest BCUT2D eigenvalue weighted by Crippen LogP contribution is 2.26. The van der Waals surface area contributed by atoms with E-state index in [0.717, 1.165) is 26.2 Å². The van der Waals surface area contributed by atoms with Gasteiger partial charge in [0.15, 0.2) is 0 Å². The van der Waals surface area contributed by atoms with Crippen LogP contribution in [0, 0.1) is 6.92 Å². The van der Waals surface area contributed by atoms with E-state index in [2.05, 4.69) is 21.2 Å². The summed E-state index contributed by atoms with van der Waals surface area (Å²) in [4.78, 5) is 29.0. The molecule has 0 saturated carbocycles. The minimum absolute atomic E-state index is 0.0263. The molecule has 10 heteroatoms. The van der Waals surface area contributed by atoms with E-state index >= 15 is 0 Å². The highest BCUT2D eigenvalue weighted by atomic mass is 79.9. The maximum Gasteiger partial charge on any atom is 0.244 e. The van der Waals surface area contributed by atoms with Crippen LogP contribution in [0.15, 0.2) is 77.3 Å². The van der Waals surface area contributed by atoms with Crippen molar-refractivity contribution in [3.8, 4) is 0 Å². The summed E-state index contributed by atoms with van der Waals surface area (Å²) >= 11 is 9.89. The number of nitrogens with zero attached hydrogens (tertiary/aromatic N) is 2. The monoisotopic (exact) mass is 633 g/mol. The van der Waals surface area contributed by atoms with Gasteiger partial charge >= 0.3 is 0 Å². The number of carbonyl (C=O) groups excluding carboxylic acids is 2. The maximum atomic E-state index is 14.1. The van der Waals surface area contributed by atoms with Crippen molar-refractivity contribution in [3.63, 3.8) is 0 Å². The largest absolute Gasteiger partial charge is 0.352 e. The van der Waals surface area contributed by atoms with E-state index in [1.54, 1.807) is 42.5 Å². The van der Waals surface area contributed by atoms with E-state index in [-0.39, 0.29) is 24.9 Å². The first-order valence-electron chi connectivity index (χ1n) is 12.5. The Morgan fingerprint density at radius 2 is 1.64 bits per heavy atom. The van der Waals surface area contributed by atoms with Crippen LogP contribution in [0.25, 0.3) is 0 Å². The predicted molar refractivity (Wildman–Crippen MR) is 160 cm³/mol. The summed E-state index contributed by atoms with van der Waals surface area (Å²) in [5.41, 5.74) is 2.69. The number of sulfonamides is 1. The van der Waals surface area contributed by atoms with Crippen molar-refractivity contribution in [2.45, 2.75) is 45.8 Å². The van der Waals surface area contributed by atoms with Crippen LogP contribution in [0.2, 0.25) is 5.02 Å². The molecule has 0 radical (unpaired) electrons. The van der Waals surface area contributed by atoms with Crippen LogP contribution in [0.4, 0.5) is 5.69 Å². The molecule has 3 aromatic rings. The molecule has 3 aromatic carbocycles. The lowest BCUT2D eigenvalue weighted by atomic mass is 10.0. The number of halogens is 2. The quantitative estimate of drug-likeness (QED) is 0.309. The van der Waals surface area contributed by atoms with Crippen molar-refractivity contribution in [3.05, 3.63) is 99.0 Å². The number of hydrogen-bond acceptors (Lipinski definition) is 4. The van der Waals surface area contributed by atoms with Crippen LogP contribution in [0.5, 0.6) is 0 Å². The molecule has 2 amide bonds.